The van der Waals surface area contributed by atoms with Crippen LogP contribution in [0.3, 0.4) is 0 Å². The molecule has 0 spiro atoms. The number of hydrogen-bond acceptors (Lipinski definition) is 5. The Bertz CT molecular complexity index is 988. The Morgan fingerprint density at radius 1 is 1.10 bits per heavy atom. The molecule has 1 saturated heterocycles. The summed E-state index contributed by atoms with van der Waals surface area (Å²) in [6.07, 6.45) is -3.09. The first-order valence-corrected chi connectivity index (χ1v) is 9.32. The Kier molecular flexibility index (Phi) is 5.88. The zero-order chi connectivity index (χ0) is 21.2. The van der Waals surface area contributed by atoms with Gasteiger partial charge in [0.05, 0.1) is 29.9 Å². The second-order valence-corrected chi connectivity index (χ2v) is 6.90. The Labute approximate surface area is 169 Å². The number of carbonyl (C=O) groups is 2. The van der Waals surface area contributed by atoms with E-state index in [1.807, 2.05) is 6.92 Å². The van der Waals surface area contributed by atoms with Gasteiger partial charge in [-0.15, -0.1) is 0 Å². The largest absolute Gasteiger partial charge is 0.493 e. The number of methoxy groups -OCH3 is 1. The minimum absolute atomic E-state index is 0.0959. The average molecular weight is 423 g/mol. The molecule has 0 aromatic heterocycles. The van der Waals surface area contributed by atoms with Crippen LogP contribution in [0.1, 0.15) is 18.1 Å². The van der Waals surface area contributed by atoms with Crippen molar-refractivity contribution in [3.8, 4) is 11.5 Å². The number of alkyl halides is 3. The zero-order valence-electron chi connectivity index (χ0n) is 15.4. The van der Waals surface area contributed by atoms with Crippen molar-refractivity contribution in [2.24, 2.45) is 0 Å². The van der Waals surface area contributed by atoms with E-state index in [1.165, 1.54) is 19.3 Å². The van der Waals surface area contributed by atoms with Gasteiger partial charge in [0.25, 0.3) is 11.1 Å². The first kappa shape index (κ1) is 20.8. The van der Waals surface area contributed by atoms with Gasteiger partial charge in [-0.1, -0.05) is 12.1 Å². The molecule has 3 rings (SSSR count). The van der Waals surface area contributed by atoms with Gasteiger partial charge in [0.1, 0.15) is 0 Å². The maximum absolute atomic E-state index is 12.9. The minimum Gasteiger partial charge on any atom is -0.493 e. The highest BCUT2D eigenvalue weighted by Crippen LogP contribution is 2.39. The molecule has 0 atom stereocenters. The Morgan fingerprint density at radius 2 is 1.86 bits per heavy atom. The number of carbonyl (C=O) groups excluding carboxylic acids is 2. The SMILES string of the molecule is CCOc1ccc(/C=C2\SC(=O)N(c3cccc(C(F)(F)F)c3)C2=O)cc1OC. The van der Waals surface area contributed by atoms with Gasteiger partial charge < -0.3 is 9.47 Å². The number of imide groups is 1. The van der Waals surface area contributed by atoms with E-state index >= 15 is 0 Å². The fraction of sp³-hybridized carbons (Fsp3) is 0.200. The van der Waals surface area contributed by atoms with Gasteiger partial charge in [-0.3, -0.25) is 9.59 Å². The van der Waals surface area contributed by atoms with Gasteiger partial charge in [-0.2, -0.15) is 13.2 Å². The fourth-order valence-corrected chi connectivity index (χ4v) is 3.55. The molecule has 0 N–H and O–H groups in total. The summed E-state index contributed by atoms with van der Waals surface area (Å²) in [5.74, 6) is 0.300. The third-order valence-electron chi connectivity index (χ3n) is 4.01. The number of nitrogens with zero attached hydrogens (tertiary/aromatic N) is 1. The van der Waals surface area contributed by atoms with E-state index < -0.39 is 22.9 Å². The van der Waals surface area contributed by atoms with E-state index in [2.05, 4.69) is 0 Å². The summed E-state index contributed by atoms with van der Waals surface area (Å²) in [5, 5.41) is -0.668. The molecule has 0 saturated carbocycles. The van der Waals surface area contributed by atoms with Crippen molar-refractivity contribution in [1.82, 2.24) is 0 Å². The maximum Gasteiger partial charge on any atom is 0.416 e. The Morgan fingerprint density at radius 3 is 2.52 bits per heavy atom. The lowest BCUT2D eigenvalue weighted by Gasteiger charge is -2.15. The Hall–Kier alpha value is -2.94. The zero-order valence-corrected chi connectivity index (χ0v) is 16.3. The molecule has 2 amide bonds. The summed E-state index contributed by atoms with van der Waals surface area (Å²) in [6, 6.07) is 9.10. The number of hydrogen-bond donors (Lipinski definition) is 0. The quantitative estimate of drug-likeness (QED) is 0.607. The molecular formula is C20H16F3NO4S. The second kappa shape index (κ2) is 8.20. The van der Waals surface area contributed by atoms with Crippen molar-refractivity contribution in [2.75, 3.05) is 18.6 Å². The van der Waals surface area contributed by atoms with E-state index in [0.717, 1.165) is 23.1 Å². The van der Waals surface area contributed by atoms with Crippen molar-refractivity contribution in [1.29, 1.82) is 0 Å². The third-order valence-corrected chi connectivity index (χ3v) is 4.88. The molecule has 1 aliphatic heterocycles. The Balaban J connectivity index is 1.91. The van der Waals surface area contributed by atoms with Crippen LogP contribution >= 0.6 is 11.8 Å². The lowest BCUT2D eigenvalue weighted by atomic mass is 10.1. The van der Waals surface area contributed by atoms with E-state index in [1.54, 1.807) is 18.2 Å². The summed E-state index contributed by atoms with van der Waals surface area (Å²) < 4.78 is 49.5. The number of amides is 2. The van der Waals surface area contributed by atoms with Gasteiger partial charge in [-0.25, -0.2) is 4.90 Å². The molecule has 1 fully saturated rings. The predicted molar refractivity (Wildman–Crippen MR) is 104 cm³/mol. The first-order chi connectivity index (χ1) is 13.7. The molecule has 0 radical (unpaired) electrons. The van der Waals surface area contributed by atoms with Gasteiger partial charge in [0.15, 0.2) is 11.5 Å². The standard InChI is InChI=1S/C20H16F3NO4S/c1-3-28-15-8-7-12(9-16(15)27-2)10-17-18(25)24(19(26)29-17)14-6-4-5-13(11-14)20(21,22)23/h4-11H,3H2,1-2H3/b17-10-. The molecule has 2 aromatic carbocycles. The number of thioether (sulfide) groups is 1. The number of rotatable bonds is 5. The van der Waals surface area contributed by atoms with Gasteiger partial charge >= 0.3 is 6.18 Å². The van der Waals surface area contributed by atoms with E-state index in [-0.39, 0.29) is 10.6 Å². The monoisotopic (exact) mass is 423 g/mol. The van der Waals surface area contributed by atoms with Crippen molar-refractivity contribution in [3.63, 3.8) is 0 Å². The maximum atomic E-state index is 12.9. The molecule has 2 aromatic rings. The molecule has 9 heteroatoms. The number of anilines is 1. The van der Waals surface area contributed by atoms with Gasteiger partial charge in [0.2, 0.25) is 0 Å². The minimum atomic E-state index is -4.58. The third kappa shape index (κ3) is 4.40. The lowest BCUT2D eigenvalue weighted by molar-refractivity contribution is -0.137. The van der Waals surface area contributed by atoms with Crippen LogP contribution in [0.25, 0.3) is 6.08 Å². The van der Waals surface area contributed by atoms with Crippen molar-refractivity contribution in [2.45, 2.75) is 13.1 Å². The summed E-state index contributed by atoms with van der Waals surface area (Å²) in [4.78, 5) is 25.8. The van der Waals surface area contributed by atoms with E-state index in [4.69, 9.17) is 9.47 Å². The second-order valence-electron chi connectivity index (χ2n) is 5.91. The molecule has 0 unspecified atom stereocenters. The van der Waals surface area contributed by atoms with Crippen LogP contribution in [0.2, 0.25) is 0 Å². The summed E-state index contributed by atoms with van der Waals surface area (Å²) in [7, 11) is 1.48. The fourth-order valence-electron chi connectivity index (χ4n) is 2.71. The van der Waals surface area contributed by atoms with Crippen molar-refractivity contribution in [3.05, 3.63) is 58.5 Å². The highest BCUT2D eigenvalue weighted by Gasteiger charge is 2.38. The number of ether oxygens (including phenoxy) is 2. The summed E-state index contributed by atoms with van der Waals surface area (Å²) in [5.41, 5.74) is -0.482. The highest BCUT2D eigenvalue weighted by atomic mass is 32.2. The van der Waals surface area contributed by atoms with Crippen LogP contribution in [0.15, 0.2) is 47.4 Å². The highest BCUT2D eigenvalue weighted by molar-refractivity contribution is 8.19. The van der Waals surface area contributed by atoms with Crippen LogP contribution in [0.5, 0.6) is 11.5 Å². The van der Waals surface area contributed by atoms with Crippen LogP contribution in [-0.2, 0) is 11.0 Å². The number of halogens is 3. The molecule has 152 valence electrons. The molecule has 1 heterocycles. The molecule has 0 aliphatic carbocycles. The first-order valence-electron chi connectivity index (χ1n) is 8.50. The topological polar surface area (TPSA) is 55.8 Å². The molecule has 0 bridgehead atoms. The van der Waals surface area contributed by atoms with E-state index in [9.17, 15) is 22.8 Å². The number of benzene rings is 2. The van der Waals surface area contributed by atoms with Crippen LogP contribution in [0, 0.1) is 0 Å². The average Bonchev–Trinajstić information content (AvgIpc) is 2.95. The molecule has 5 nitrogen and oxygen atoms in total. The molecular weight excluding hydrogens is 407 g/mol. The molecule has 1 aliphatic rings. The van der Waals surface area contributed by atoms with Gasteiger partial charge in [-0.05, 0) is 60.7 Å². The summed E-state index contributed by atoms with van der Waals surface area (Å²) in [6.45, 7) is 2.28. The van der Waals surface area contributed by atoms with Crippen LogP contribution < -0.4 is 14.4 Å². The predicted octanol–water partition coefficient (Wildman–Crippen LogP) is 5.35. The normalized spacial score (nSPS) is 15.9. The lowest BCUT2D eigenvalue weighted by Crippen LogP contribution is -2.28. The summed E-state index contributed by atoms with van der Waals surface area (Å²) >= 11 is 0.658. The van der Waals surface area contributed by atoms with Crippen molar-refractivity contribution < 1.29 is 32.2 Å². The van der Waals surface area contributed by atoms with Crippen LogP contribution in [-0.4, -0.2) is 24.9 Å². The van der Waals surface area contributed by atoms with E-state index in [0.29, 0.717) is 35.4 Å². The smallest absolute Gasteiger partial charge is 0.416 e. The molecule has 29 heavy (non-hydrogen) atoms. The van der Waals surface area contributed by atoms with Crippen LogP contribution in [0.4, 0.5) is 23.7 Å². The van der Waals surface area contributed by atoms with Gasteiger partial charge in [0, 0.05) is 0 Å². The van der Waals surface area contributed by atoms with Crippen molar-refractivity contribution >= 4 is 34.7 Å².